The molecule has 2 aromatic rings. The number of nitrogens with one attached hydrogen (secondary N) is 2. The highest BCUT2D eigenvalue weighted by Gasteiger charge is 2.29. The molecule has 3 heterocycles. The first-order chi connectivity index (χ1) is 10.3. The van der Waals surface area contributed by atoms with Crippen molar-refractivity contribution < 1.29 is 0 Å². The molecule has 6 nitrogen and oxygen atoms in total. The second kappa shape index (κ2) is 5.26. The van der Waals surface area contributed by atoms with Crippen LogP contribution in [0.2, 0.25) is 0 Å². The molecule has 1 aliphatic carbocycles. The minimum atomic E-state index is 0.226. The zero-order valence-corrected chi connectivity index (χ0v) is 12.5. The van der Waals surface area contributed by atoms with Crippen molar-refractivity contribution in [3.8, 4) is 0 Å². The summed E-state index contributed by atoms with van der Waals surface area (Å²) >= 11 is 0. The van der Waals surface area contributed by atoms with Gasteiger partial charge in [-0.05, 0) is 19.8 Å². The molecule has 0 radical (unpaired) electrons. The number of aromatic amines is 1. The number of aromatic nitrogens is 5. The molecule has 0 spiro atoms. The molecule has 6 heteroatoms. The fourth-order valence-corrected chi connectivity index (χ4v) is 3.77. The number of fused-ring (bicyclic) bond motifs is 1. The molecule has 2 N–H and O–H groups in total. The van der Waals surface area contributed by atoms with E-state index in [9.17, 15) is 0 Å². The highest BCUT2D eigenvalue weighted by Crippen LogP contribution is 2.32. The summed E-state index contributed by atoms with van der Waals surface area (Å²) in [5, 5.41) is 12.4. The van der Waals surface area contributed by atoms with Crippen molar-refractivity contribution in [3.63, 3.8) is 0 Å². The predicted octanol–water partition coefficient (Wildman–Crippen LogP) is 2.20. The first-order valence-electron chi connectivity index (χ1n) is 7.99. The lowest BCUT2D eigenvalue weighted by Crippen LogP contribution is -2.32. The molecule has 1 saturated carbocycles. The average Bonchev–Trinajstić information content (AvgIpc) is 3.13. The van der Waals surface area contributed by atoms with Crippen LogP contribution in [0.25, 0.3) is 0 Å². The Labute approximate surface area is 124 Å². The maximum absolute atomic E-state index is 4.48. The van der Waals surface area contributed by atoms with Gasteiger partial charge in [0.15, 0.2) is 5.82 Å². The summed E-state index contributed by atoms with van der Waals surface area (Å²) in [7, 11) is 0. The Hall–Kier alpha value is -1.69. The molecule has 2 aromatic heterocycles. The summed E-state index contributed by atoms with van der Waals surface area (Å²) < 4.78 is 2.38. The fourth-order valence-electron chi connectivity index (χ4n) is 3.77. The predicted molar refractivity (Wildman–Crippen MR) is 78.8 cm³/mol. The summed E-state index contributed by atoms with van der Waals surface area (Å²) in [6.07, 6.45) is 9.20. The average molecular weight is 286 g/mol. The van der Waals surface area contributed by atoms with Crippen molar-refractivity contribution in [2.75, 3.05) is 0 Å². The summed E-state index contributed by atoms with van der Waals surface area (Å²) in [5.41, 5.74) is 2.36. The zero-order chi connectivity index (χ0) is 14.2. The van der Waals surface area contributed by atoms with Crippen LogP contribution in [0.15, 0.2) is 6.33 Å². The van der Waals surface area contributed by atoms with Gasteiger partial charge in [-0.3, -0.25) is 0 Å². The maximum Gasteiger partial charge on any atom is 0.150 e. The van der Waals surface area contributed by atoms with E-state index >= 15 is 0 Å². The summed E-state index contributed by atoms with van der Waals surface area (Å²) in [6.45, 7) is 2.91. The van der Waals surface area contributed by atoms with Gasteiger partial charge in [-0.1, -0.05) is 19.3 Å². The van der Waals surface area contributed by atoms with Crippen LogP contribution in [0.1, 0.15) is 67.2 Å². The van der Waals surface area contributed by atoms with Crippen molar-refractivity contribution in [1.82, 2.24) is 30.0 Å². The van der Waals surface area contributed by atoms with Gasteiger partial charge in [-0.2, -0.15) is 0 Å². The van der Waals surface area contributed by atoms with Crippen LogP contribution in [-0.4, -0.2) is 24.7 Å². The molecule has 1 aliphatic heterocycles. The number of hydrogen-bond donors (Lipinski definition) is 2. The van der Waals surface area contributed by atoms with Gasteiger partial charge < -0.3 is 14.9 Å². The topological polar surface area (TPSA) is 71.4 Å². The van der Waals surface area contributed by atoms with Crippen molar-refractivity contribution in [3.05, 3.63) is 29.4 Å². The van der Waals surface area contributed by atoms with Crippen LogP contribution in [0, 0.1) is 6.92 Å². The van der Waals surface area contributed by atoms with Crippen LogP contribution in [0.4, 0.5) is 0 Å². The SMILES string of the molecule is Cc1nnc(C2Cc3nc[nH]c3CN2)n1C1CCCCC1. The van der Waals surface area contributed by atoms with Crippen LogP contribution in [0.5, 0.6) is 0 Å². The molecular weight excluding hydrogens is 264 g/mol. The van der Waals surface area contributed by atoms with Gasteiger partial charge in [-0.15, -0.1) is 10.2 Å². The normalized spacial score (nSPS) is 23.2. The molecule has 0 saturated heterocycles. The monoisotopic (exact) mass is 286 g/mol. The lowest BCUT2D eigenvalue weighted by Gasteiger charge is -2.29. The quantitative estimate of drug-likeness (QED) is 0.888. The van der Waals surface area contributed by atoms with Crippen molar-refractivity contribution in [2.24, 2.45) is 0 Å². The lowest BCUT2D eigenvalue weighted by atomic mass is 9.94. The molecule has 0 bridgehead atoms. The molecule has 1 unspecified atom stereocenters. The van der Waals surface area contributed by atoms with E-state index < -0.39 is 0 Å². The Morgan fingerprint density at radius 3 is 2.90 bits per heavy atom. The molecular formula is C15H22N6. The van der Waals surface area contributed by atoms with Gasteiger partial charge in [0.2, 0.25) is 0 Å². The molecule has 1 fully saturated rings. The van der Waals surface area contributed by atoms with Crippen LogP contribution >= 0.6 is 0 Å². The third kappa shape index (κ3) is 2.27. The Bertz CT molecular complexity index is 622. The highest BCUT2D eigenvalue weighted by molar-refractivity contribution is 5.19. The lowest BCUT2D eigenvalue weighted by molar-refractivity contribution is 0.325. The first-order valence-corrected chi connectivity index (χ1v) is 7.99. The third-order valence-electron chi connectivity index (χ3n) is 4.87. The number of aryl methyl sites for hydroxylation is 1. The Balaban J connectivity index is 1.64. The molecule has 112 valence electrons. The van der Waals surface area contributed by atoms with Gasteiger partial charge in [-0.25, -0.2) is 4.98 Å². The standard InChI is InChI=1S/C15H22N6/c1-10-19-20-15(21(10)11-5-3-2-4-6-11)13-7-12-14(8-16-13)18-9-17-12/h9,11,13,16H,2-8H2,1H3,(H,17,18). The number of nitrogens with zero attached hydrogens (tertiary/aromatic N) is 4. The van der Waals surface area contributed by atoms with E-state index in [1.165, 1.54) is 37.8 Å². The van der Waals surface area contributed by atoms with E-state index in [0.29, 0.717) is 6.04 Å². The smallest absolute Gasteiger partial charge is 0.150 e. The van der Waals surface area contributed by atoms with E-state index in [2.05, 4.69) is 37.0 Å². The Kier molecular flexibility index (Phi) is 3.25. The van der Waals surface area contributed by atoms with E-state index in [1.54, 1.807) is 6.33 Å². The van der Waals surface area contributed by atoms with Crippen molar-refractivity contribution >= 4 is 0 Å². The van der Waals surface area contributed by atoms with E-state index in [1.807, 2.05) is 0 Å². The van der Waals surface area contributed by atoms with Crippen molar-refractivity contribution in [1.29, 1.82) is 0 Å². The fraction of sp³-hybridized carbons (Fsp3) is 0.667. The van der Waals surface area contributed by atoms with E-state index in [-0.39, 0.29) is 6.04 Å². The Morgan fingerprint density at radius 2 is 2.05 bits per heavy atom. The second-order valence-corrected chi connectivity index (χ2v) is 6.23. The molecule has 0 aromatic carbocycles. The van der Waals surface area contributed by atoms with E-state index in [4.69, 9.17) is 0 Å². The number of H-pyrrole nitrogens is 1. The van der Waals surface area contributed by atoms with Crippen molar-refractivity contribution in [2.45, 2.75) is 64.1 Å². The second-order valence-electron chi connectivity index (χ2n) is 6.23. The number of imidazole rings is 1. The molecule has 21 heavy (non-hydrogen) atoms. The van der Waals surface area contributed by atoms with Crippen LogP contribution < -0.4 is 5.32 Å². The van der Waals surface area contributed by atoms with Gasteiger partial charge in [0, 0.05) is 19.0 Å². The summed E-state index contributed by atoms with van der Waals surface area (Å²) in [4.78, 5) is 7.62. The number of rotatable bonds is 2. The largest absolute Gasteiger partial charge is 0.347 e. The number of hydrogen-bond acceptors (Lipinski definition) is 4. The highest BCUT2D eigenvalue weighted by atomic mass is 15.3. The molecule has 4 rings (SSSR count). The van der Waals surface area contributed by atoms with Crippen LogP contribution in [-0.2, 0) is 13.0 Å². The van der Waals surface area contributed by atoms with E-state index in [0.717, 1.165) is 30.3 Å². The summed E-state index contributed by atoms with van der Waals surface area (Å²) in [6, 6.07) is 0.801. The van der Waals surface area contributed by atoms with Gasteiger partial charge >= 0.3 is 0 Å². The molecule has 0 amide bonds. The molecule has 2 aliphatic rings. The third-order valence-corrected chi connectivity index (χ3v) is 4.87. The van der Waals surface area contributed by atoms with Gasteiger partial charge in [0.1, 0.15) is 5.82 Å². The first kappa shape index (κ1) is 13.0. The molecule has 1 atom stereocenters. The maximum atomic E-state index is 4.48. The van der Waals surface area contributed by atoms with Gasteiger partial charge in [0.25, 0.3) is 0 Å². The minimum Gasteiger partial charge on any atom is -0.347 e. The van der Waals surface area contributed by atoms with Gasteiger partial charge in [0.05, 0.1) is 23.8 Å². The Morgan fingerprint density at radius 1 is 1.19 bits per heavy atom. The zero-order valence-electron chi connectivity index (χ0n) is 12.5. The van der Waals surface area contributed by atoms with Crippen LogP contribution in [0.3, 0.4) is 0 Å². The summed E-state index contributed by atoms with van der Waals surface area (Å²) in [5.74, 6) is 2.14. The minimum absolute atomic E-state index is 0.226.